The van der Waals surface area contributed by atoms with Gasteiger partial charge in [0, 0.05) is 31.5 Å². The Morgan fingerprint density at radius 3 is 2.90 bits per heavy atom. The van der Waals surface area contributed by atoms with Gasteiger partial charge in [0.05, 0.1) is 17.5 Å². The highest BCUT2D eigenvalue weighted by molar-refractivity contribution is 5.89. The third-order valence-corrected chi connectivity index (χ3v) is 6.55. The normalized spacial score (nSPS) is 21.2. The number of ether oxygens (including phenoxy) is 2. The molecular formula is C24H26N4O3. The number of amides is 1. The molecule has 1 amide bonds. The third kappa shape index (κ3) is 3.38. The molecule has 3 aromatic rings. The van der Waals surface area contributed by atoms with E-state index in [2.05, 4.69) is 46.4 Å². The molecule has 0 radical (unpaired) electrons. The van der Waals surface area contributed by atoms with E-state index < -0.39 is 0 Å². The number of fused-ring (bicyclic) bond motifs is 2. The highest BCUT2D eigenvalue weighted by Crippen LogP contribution is 2.42. The van der Waals surface area contributed by atoms with Gasteiger partial charge < -0.3 is 24.7 Å². The summed E-state index contributed by atoms with van der Waals surface area (Å²) in [5, 5.41) is 6.33. The zero-order valence-corrected chi connectivity index (χ0v) is 17.6. The maximum Gasteiger partial charge on any atom is 0.220 e. The van der Waals surface area contributed by atoms with Crippen molar-refractivity contribution in [1.29, 1.82) is 0 Å². The molecular weight excluding hydrogens is 392 g/mol. The van der Waals surface area contributed by atoms with E-state index in [1.165, 1.54) is 12.8 Å². The monoisotopic (exact) mass is 418 g/mol. The molecule has 3 aliphatic rings. The van der Waals surface area contributed by atoms with Gasteiger partial charge in [-0.1, -0.05) is 6.07 Å². The zero-order chi connectivity index (χ0) is 20.9. The first-order chi connectivity index (χ1) is 15.2. The van der Waals surface area contributed by atoms with Crippen molar-refractivity contribution in [2.45, 2.75) is 38.3 Å². The number of anilines is 1. The largest absolute Gasteiger partial charge is 0.490 e. The number of imidazole rings is 1. The molecule has 2 aromatic carbocycles. The van der Waals surface area contributed by atoms with Gasteiger partial charge in [-0.15, -0.1) is 0 Å². The summed E-state index contributed by atoms with van der Waals surface area (Å²) in [5.74, 6) is 2.00. The van der Waals surface area contributed by atoms with E-state index in [0.29, 0.717) is 25.6 Å². The van der Waals surface area contributed by atoms with Crippen molar-refractivity contribution in [3.63, 3.8) is 0 Å². The van der Waals surface area contributed by atoms with Gasteiger partial charge in [-0.25, -0.2) is 4.98 Å². The summed E-state index contributed by atoms with van der Waals surface area (Å²) in [6, 6.07) is 11.0. The molecule has 3 heterocycles. The van der Waals surface area contributed by atoms with E-state index >= 15 is 0 Å². The van der Waals surface area contributed by atoms with Crippen LogP contribution >= 0.6 is 0 Å². The smallest absolute Gasteiger partial charge is 0.220 e. The summed E-state index contributed by atoms with van der Waals surface area (Å²) in [6.45, 7) is 4.22. The first kappa shape index (κ1) is 18.5. The molecule has 2 N–H and O–H groups in total. The van der Waals surface area contributed by atoms with E-state index in [-0.39, 0.29) is 17.9 Å². The molecule has 7 nitrogen and oxygen atoms in total. The van der Waals surface area contributed by atoms with Gasteiger partial charge in [-0.2, -0.15) is 0 Å². The van der Waals surface area contributed by atoms with Gasteiger partial charge in [0.25, 0.3) is 0 Å². The summed E-state index contributed by atoms with van der Waals surface area (Å²) in [5.41, 5.74) is 5.16. The first-order valence-corrected chi connectivity index (χ1v) is 11.1. The average Bonchev–Trinajstić information content (AvgIpc) is 3.39. The predicted molar refractivity (Wildman–Crippen MR) is 119 cm³/mol. The summed E-state index contributed by atoms with van der Waals surface area (Å²) in [6.07, 6.45) is 4.74. The molecule has 160 valence electrons. The number of aromatic nitrogens is 2. The minimum Gasteiger partial charge on any atom is -0.490 e. The van der Waals surface area contributed by atoms with Gasteiger partial charge in [-0.3, -0.25) is 4.79 Å². The van der Waals surface area contributed by atoms with Crippen LogP contribution in [0.3, 0.4) is 0 Å². The SMILES string of the molecule is CC(Oc1cc(-c2ccc3c(c2)NCCO3)cc2ncn(C3CC3)c12)C1CNC(=O)C1. The quantitative estimate of drug-likeness (QED) is 0.660. The topological polar surface area (TPSA) is 77.4 Å². The first-order valence-electron chi connectivity index (χ1n) is 11.1. The van der Waals surface area contributed by atoms with Crippen molar-refractivity contribution in [3.05, 3.63) is 36.7 Å². The minimum atomic E-state index is -0.0708. The number of rotatable bonds is 5. The number of nitrogens with one attached hydrogen (secondary N) is 2. The van der Waals surface area contributed by atoms with Gasteiger partial charge in [0.15, 0.2) is 0 Å². The summed E-state index contributed by atoms with van der Waals surface area (Å²) >= 11 is 0. The molecule has 6 rings (SSSR count). The molecule has 0 bridgehead atoms. The molecule has 2 aliphatic heterocycles. The fraction of sp³-hybridized carbons (Fsp3) is 0.417. The van der Waals surface area contributed by atoms with Gasteiger partial charge in [0.1, 0.15) is 29.7 Å². The van der Waals surface area contributed by atoms with Crippen molar-refractivity contribution in [2.75, 3.05) is 25.0 Å². The number of carbonyl (C=O) groups is 1. The van der Waals surface area contributed by atoms with Crippen LogP contribution in [0, 0.1) is 5.92 Å². The van der Waals surface area contributed by atoms with Crippen molar-refractivity contribution in [1.82, 2.24) is 14.9 Å². The van der Waals surface area contributed by atoms with E-state index in [9.17, 15) is 4.79 Å². The number of nitrogens with zero attached hydrogens (tertiary/aromatic N) is 2. The fourth-order valence-electron chi connectivity index (χ4n) is 4.60. The highest BCUT2D eigenvalue weighted by atomic mass is 16.5. The molecule has 31 heavy (non-hydrogen) atoms. The Morgan fingerprint density at radius 2 is 2.10 bits per heavy atom. The van der Waals surface area contributed by atoms with Crippen LogP contribution < -0.4 is 20.1 Å². The van der Waals surface area contributed by atoms with Crippen molar-refractivity contribution >= 4 is 22.6 Å². The number of hydrogen-bond donors (Lipinski definition) is 2. The average molecular weight is 418 g/mol. The maximum absolute atomic E-state index is 11.7. The lowest BCUT2D eigenvalue weighted by Gasteiger charge is -2.22. The van der Waals surface area contributed by atoms with E-state index in [1.54, 1.807) is 0 Å². The molecule has 0 spiro atoms. The Bertz CT molecular complexity index is 1170. The van der Waals surface area contributed by atoms with Gasteiger partial charge >= 0.3 is 0 Å². The predicted octanol–water partition coefficient (Wildman–Crippen LogP) is 3.75. The Balaban J connectivity index is 1.41. The molecule has 2 atom stereocenters. The lowest BCUT2D eigenvalue weighted by atomic mass is 10.0. The summed E-state index contributed by atoms with van der Waals surface area (Å²) in [4.78, 5) is 16.4. The standard InChI is InChI=1S/C24H26N4O3/c1-14(17-11-23(29)26-12-17)31-22-10-16(9-20-24(22)28(13-27-20)18-3-4-18)15-2-5-21-19(8-15)25-6-7-30-21/h2,5,8-10,13-14,17-18,25H,3-4,6-7,11-12H2,1H3,(H,26,29). The van der Waals surface area contributed by atoms with Crippen LogP contribution in [-0.4, -0.2) is 41.3 Å². The zero-order valence-electron chi connectivity index (χ0n) is 17.6. The van der Waals surface area contributed by atoms with Crippen LogP contribution in [-0.2, 0) is 4.79 Å². The molecule has 2 fully saturated rings. The van der Waals surface area contributed by atoms with E-state index in [4.69, 9.17) is 14.5 Å². The van der Waals surface area contributed by atoms with E-state index in [1.807, 2.05) is 12.4 Å². The lowest BCUT2D eigenvalue weighted by molar-refractivity contribution is -0.119. The lowest BCUT2D eigenvalue weighted by Crippen LogP contribution is -2.25. The Hall–Kier alpha value is -3.22. The molecule has 1 saturated carbocycles. The van der Waals surface area contributed by atoms with Crippen molar-refractivity contribution < 1.29 is 14.3 Å². The molecule has 7 heteroatoms. The molecule has 1 aromatic heterocycles. The van der Waals surface area contributed by atoms with Crippen LogP contribution in [0.1, 0.15) is 32.2 Å². The van der Waals surface area contributed by atoms with Crippen LogP contribution in [0.5, 0.6) is 11.5 Å². The second-order valence-electron chi connectivity index (χ2n) is 8.80. The second-order valence-corrected chi connectivity index (χ2v) is 8.80. The minimum absolute atomic E-state index is 0.0708. The number of benzene rings is 2. The molecule has 1 saturated heterocycles. The Morgan fingerprint density at radius 1 is 1.19 bits per heavy atom. The second kappa shape index (κ2) is 7.18. The molecule has 1 aliphatic carbocycles. The highest BCUT2D eigenvalue weighted by Gasteiger charge is 2.30. The van der Waals surface area contributed by atoms with Crippen molar-refractivity contribution in [3.8, 4) is 22.6 Å². The maximum atomic E-state index is 11.7. The third-order valence-electron chi connectivity index (χ3n) is 6.55. The van der Waals surface area contributed by atoms with Crippen LogP contribution in [0.4, 0.5) is 5.69 Å². The van der Waals surface area contributed by atoms with E-state index in [0.717, 1.165) is 45.9 Å². The van der Waals surface area contributed by atoms with Gasteiger partial charge in [0.2, 0.25) is 5.91 Å². The summed E-state index contributed by atoms with van der Waals surface area (Å²) in [7, 11) is 0. The van der Waals surface area contributed by atoms with Gasteiger partial charge in [-0.05, 0) is 55.2 Å². The summed E-state index contributed by atoms with van der Waals surface area (Å²) < 4.78 is 14.5. The number of carbonyl (C=O) groups excluding carboxylic acids is 1. The number of hydrogen-bond acceptors (Lipinski definition) is 5. The van der Waals surface area contributed by atoms with Crippen LogP contribution in [0.25, 0.3) is 22.2 Å². The van der Waals surface area contributed by atoms with Crippen molar-refractivity contribution in [2.24, 2.45) is 5.92 Å². The van der Waals surface area contributed by atoms with Crippen LogP contribution in [0.2, 0.25) is 0 Å². The van der Waals surface area contributed by atoms with Crippen LogP contribution in [0.15, 0.2) is 36.7 Å². The Kier molecular flexibility index (Phi) is 4.30. The Labute approximate surface area is 180 Å². The molecule has 2 unspecified atom stereocenters. The fourth-order valence-corrected chi connectivity index (χ4v) is 4.60.